The fraction of sp³-hybridized carbons (Fsp3) is 0.0400. The molecule has 0 spiro atoms. The predicted molar refractivity (Wildman–Crippen MR) is 126 cm³/mol. The molecule has 1 aromatic heterocycles. The van der Waals surface area contributed by atoms with Crippen molar-refractivity contribution >= 4 is 34.8 Å². The number of halogens is 1. The van der Waals surface area contributed by atoms with Crippen LogP contribution in [0.3, 0.4) is 0 Å². The highest BCUT2D eigenvalue weighted by Crippen LogP contribution is 2.23. The normalized spacial score (nSPS) is 10.4. The highest BCUT2D eigenvalue weighted by Gasteiger charge is 2.11. The first-order chi connectivity index (χ1) is 16.0. The highest BCUT2D eigenvalue weighted by molar-refractivity contribution is 6.04. The smallest absolute Gasteiger partial charge is 0.258 e. The number of hydrogen-bond donors (Lipinski definition) is 3. The van der Waals surface area contributed by atoms with Crippen LogP contribution in [-0.4, -0.2) is 21.8 Å². The molecule has 0 saturated carbocycles. The van der Waals surface area contributed by atoms with Crippen molar-refractivity contribution in [3.8, 4) is 11.3 Å². The maximum absolute atomic E-state index is 13.9. The molecule has 8 heteroatoms. The number of amides is 2. The molecular weight excluding hydrogens is 421 g/mol. The Morgan fingerprint density at radius 1 is 0.818 bits per heavy atom. The molecule has 0 unspecified atom stereocenters. The number of nitrogens with one attached hydrogen (secondary N) is 3. The fourth-order valence-corrected chi connectivity index (χ4v) is 3.15. The van der Waals surface area contributed by atoms with Gasteiger partial charge in [-0.1, -0.05) is 30.3 Å². The molecular formula is C25H20FN5O2. The van der Waals surface area contributed by atoms with Crippen molar-refractivity contribution < 1.29 is 14.0 Å². The van der Waals surface area contributed by atoms with Crippen LogP contribution in [0.2, 0.25) is 0 Å². The van der Waals surface area contributed by atoms with E-state index in [1.807, 2.05) is 12.1 Å². The molecule has 4 aromatic rings. The van der Waals surface area contributed by atoms with E-state index in [9.17, 15) is 14.0 Å². The van der Waals surface area contributed by atoms with Gasteiger partial charge in [-0.25, -0.2) is 14.4 Å². The molecule has 164 valence electrons. The molecule has 3 aromatic carbocycles. The largest absolute Gasteiger partial charge is 0.326 e. The van der Waals surface area contributed by atoms with Crippen LogP contribution in [0.5, 0.6) is 0 Å². The van der Waals surface area contributed by atoms with Gasteiger partial charge in [0.1, 0.15) is 5.82 Å². The SMILES string of the molecule is CC(=O)Nc1ccc(-c2ccnc(Nc3cccc(NC(=O)c4ccccc4F)c3)n2)cc1. The number of anilines is 4. The van der Waals surface area contributed by atoms with Gasteiger partial charge in [0.2, 0.25) is 11.9 Å². The van der Waals surface area contributed by atoms with Gasteiger partial charge in [0, 0.05) is 35.7 Å². The highest BCUT2D eigenvalue weighted by atomic mass is 19.1. The second kappa shape index (κ2) is 9.69. The van der Waals surface area contributed by atoms with Gasteiger partial charge < -0.3 is 16.0 Å². The lowest BCUT2D eigenvalue weighted by Crippen LogP contribution is -2.13. The zero-order chi connectivity index (χ0) is 23.2. The Bertz CT molecular complexity index is 1310. The molecule has 0 aliphatic carbocycles. The summed E-state index contributed by atoms with van der Waals surface area (Å²) < 4.78 is 13.9. The van der Waals surface area contributed by atoms with Crippen LogP contribution < -0.4 is 16.0 Å². The van der Waals surface area contributed by atoms with Crippen molar-refractivity contribution in [3.63, 3.8) is 0 Å². The molecule has 3 N–H and O–H groups in total. The molecule has 4 rings (SSSR count). The first-order valence-electron chi connectivity index (χ1n) is 10.1. The average molecular weight is 441 g/mol. The van der Waals surface area contributed by atoms with Crippen LogP contribution in [-0.2, 0) is 4.79 Å². The second-order valence-electron chi connectivity index (χ2n) is 7.16. The van der Waals surface area contributed by atoms with Gasteiger partial charge >= 0.3 is 0 Å². The van der Waals surface area contributed by atoms with Crippen LogP contribution >= 0.6 is 0 Å². The van der Waals surface area contributed by atoms with E-state index in [0.717, 1.165) is 5.56 Å². The van der Waals surface area contributed by atoms with Crippen LogP contribution in [0.1, 0.15) is 17.3 Å². The van der Waals surface area contributed by atoms with Crippen LogP contribution in [0.25, 0.3) is 11.3 Å². The monoisotopic (exact) mass is 441 g/mol. The number of carbonyl (C=O) groups is 2. The third-order valence-electron chi connectivity index (χ3n) is 4.65. The predicted octanol–water partition coefficient (Wildman–Crippen LogP) is 5.24. The van der Waals surface area contributed by atoms with Gasteiger partial charge in [0.25, 0.3) is 5.91 Å². The zero-order valence-corrected chi connectivity index (χ0v) is 17.7. The molecule has 0 radical (unpaired) electrons. The molecule has 0 aliphatic heterocycles. The Morgan fingerprint density at radius 3 is 2.33 bits per heavy atom. The van der Waals surface area contributed by atoms with Crippen molar-refractivity contribution in [2.24, 2.45) is 0 Å². The molecule has 2 amide bonds. The Kier molecular flexibility index (Phi) is 6.36. The number of hydrogen-bond acceptors (Lipinski definition) is 5. The lowest BCUT2D eigenvalue weighted by atomic mass is 10.1. The number of aromatic nitrogens is 2. The molecule has 0 saturated heterocycles. The maximum Gasteiger partial charge on any atom is 0.258 e. The number of nitrogens with zero attached hydrogens (tertiary/aromatic N) is 2. The molecule has 0 fully saturated rings. The standard InChI is InChI=1S/C25H20FN5O2/c1-16(32)28-18-11-9-17(10-12-18)23-13-14-27-25(31-23)30-20-6-4-5-19(15-20)29-24(33)21-7-2-3-8-22(21)26/h2-15H,1H3,(H,28,32)(H,29,33)(H,27,30,31). The van der Waals surface area contributed by atoms with E-state index in [-0.39, 0.29) is 11.5 Å². The average Bonchev–Trinajstić information content (AvgIpc) is 2.80. The molecule has 0 atom stereocenters. The van der Waals surface area contributed by atoms with Crippen molar-refractivity contribution in [2.75, 3.05) is 16.0 Å². The summed E-state index contributed by atoms with van der Waals surface area (Å²) in [5, 5.41) is 8.53. The van der Waals surface area contributed by atoms with Gasteiger partial charge in [-0.3, -0.25) is 9.59 Å². The minimum atomic E-state index is -0.584. The Morgan fingerprint density at radius 2 is 1.58 bits per heavy atom. The Labute approximate surface area is 189 Å². The number of benzene rings is 3. The third-order valence-corrected chi connectivity index (χ3v) is 4.65. The quantitative estimate of drug-likeness (QED) is 0.380. The summed E-state index contributed by atoms with van der Waals surface area (Å²) in [7, 11) is 0. The van der Waals surface area contributed by atoms with Crippen molar-refractivity contribution in [3.05, 3.63) is 96.4 Å². The van der Waals surface area contributed by atoms with Crippen molar-refractivity contribution in [1.82, 2.24) is 9.97 Å². The van der Waals surface area contributed by atoms with Crippen LogP contribution in [0, 0.1) is 5.82 Å². The summed E-state index contributed by atoms with van der Waals surface area (Å²) in [5.41, 5.74) is 3.38. The summed E-state index contributed by atoms with van der Waals surface area (Å²) in [6.45, 7) is 1.46. The van der Waals surface area contributed by atoms with E-state index in [2.05, 4.69) is 25.9 Å². The second-order valence-corrected chi connectivity index (χ2v) is 7.16. The molecule has 33 heavy (non-hydrogen) atoms. The van der Waals surface area contributed by atoms with Gasteiger partial charge in [0.15, 0.2) is 0 Å². The van der Waals surface area contributed by atoms with Crippen molar-refractivity contribution in [2.45, 2.75) is 6.92 Å². The number of rotatable bonds is 6. The summed E-state index contributed by atoms with van der Waals surface area (Å²) in [6.07, 6.45) is 1.64. The third kappa shape index (κ3) is 5.56. The van der Waals surface area contributed by atoms with E-state index in [1.165, 1.54) is 25.1 Å². The molecule has 0 aliphatic rings. The Balaban J connectivity index is 1.48. The van der Waals surface area contributed by atoms with Gasteiger partial charge in [-0.15, -0.1) is 0 Å². The van der Waals surface area contributed by atoms with Gasteiger partial charge in [-0.2, -0.15) is 0 Å². The summed E-state index contributed by atoms with van der Waals surface area (Å²) in [5.74, 6) is -0.884. The minimum absolute atomic E-state index is 0.0311. The fourth-order valence-electron chi connectivity index (χ4n) is 3.15. The zero-order valence-electron chi connectivity index (χ0n) is 17.7. The van der Waals surface area contributed by atoms with Crippen LogP contribution in [0.4, 0.5) is 27.4 Å². The maximum atomic E-state index is 13.9. The Hall–Kier alpha value is -4.59. The van der Waals surface area contributed by atoms with Gasteiger partial charge in [-0.05, 0) is 48.5 Å². The van der Waals surface area contributed by atoms with Crippen LogP contribution in [0.15, 0.2) is 85.1 Å². The lowest BCUT2D eigenvalue weighted by Gasteiger charge is -2.10. The molecule has 1 heterocycles. The number of carbonyl (C=O) groups excluding carboxylic acids is 2. The van der Waals surface area contributed by atoms with Crippen molar-refractivity contribution in [1.29, 1.82) is 0 Å². The summed E-state index contributed by atoms with van der Waals surface area (Å²) in [6, 6.07) is 21.9. The minimum Gasteiger partial charge on any atom is -0.326 e. The summed E-state index contributed by atoms with van der Waals surface area (Å²) in [4.78, 5) is 32.3. The molecule has 7 nitrogen and oxygen atoms in total. The molecule has 0 bridgehead atoms. The van der Waals surface area contributed by atoms with E-state index in [1.54, 1.807) is 54.7 Å². The summed E-state index contributed by atoms with van der Waals surface area (Å²) >= 11 is 0. The van der Waals surface area contributed by atoms with E-state index in [4.69, 9.17) is 0 Å². The lowest BCUT2D eigenvalue weighted by molar-refractivity contribution is -0.114. The first-order valence-corrected chi connectivity index (χ1v) is 10.1. The topological polar surface area (TPSA) is 96.0 Å². The van der Waals surface area contributed by atoms with E-state index in [0.29, 0.717) is 28.7 Å². The van der Waals surface area contributed by atoms with E-state index < -0.39 is 11.7 Å². The van der Waals surface area contributed by atoms with E-state index >= 15 is 0 Å². The van der Waals surface area contributed by atoms with Gasteiger partial charge in [0.05, 0.1) is 11.3 Å². The first kappa shape index (κ1) is 21.6.